The lowest BCUT2D eigenvalue weighted by atomic mass is 9.76. The summed E-state index contributed by atoms with van der Waals surface area (Å²) >= 11 is 0. The summed E-state index contributed by atoms with van der Waals surface area (Å²) in [5.74, 6) is 0.399. The number of carbonyl (C=O) groups is 3. The SMILES string of the molecule is COCCCCC1=C(OC)C=CC(C[C@@H](C[C@H](NC(C)=O)[C@@H](O)C[C@H](C(=O)NCC(C)(C)C(N)=O)C(C)C)C(C)C)C1. The van der Waals surface area contributed by atoms with Crippen LogP contribution in [0.2, 0.25) is 0 Å². The second kappa shape index (κ2) is 18.3. The number of primary amides is 1. The molecule has 0 fully saturated rings. The van der Waals surface area contributed by atoms with E-state index in [1.165, 1.54) is 12.5 Å². The molecule has 0 aromatic heterocycles. The molecular formula is C33H59N3O6. The van der Waals surface area contributed by atoms with Gasteiger partial charge in [0, 0.05) is 33.1 Å². The molecule has 0 saturated carbocycles. The number of allylic oxidation sites excluding steroid dienone is 3. The van der Waals surface area contributed by atoms with E-state index in [1.54, 1.807) is 28.1 Å². The predicted molar refractivity (Wildman–Crippen MR) is 167 cm³/mol. The number of aliphatic hydroxyl groups excluding tert-OH is 1. The smallest absolute Gasteiger partial charge is 0.224 e. The van der Waals surface area contributed by atoms with E-state index < -0.39 is 29.4 Å². The lowest BCUT2D eigenvalue weighted by Gasteiger charge is -2.34. The van der Waals surface area contributed by atoms with E-state index >= 15 is 0 Å². The summed E-state index contributed by atoms with van der Waals surface area (Å²) in [4.78, 5) is 37.0. The number of unbranched alkanes of at least 4 members (excludes halogenated alkanes) is 1. The Morgan fingerprint density at radius 3 is 2.29 bits per heavy atom. The van der Waals surface area contributed by atoms with Crippen molar-refractivity contribution in [3.05, 3.63) is 23.5 Å². The fraction of sp³-hybridized carbons (Fsp3) is 0.788. The summed E-state index contributed by atoms with van der Waals surface area (Å²) < 4.78 is 10.9. The van der Waals surface area contributed by atoms with Gasteiger partial charge in [-0.15, -0.1) is 0 Å². The predicted octanol–water partition coefficient (Wildman–Crippen LogP) is 4.49. The average Bonchev–Trinajstić information content (AvgIpc) is 2.91. The van der Waals surface area contributed by atoms with Crippen molar-refractivity contribution in [3.8, 4) is 0 Å². The highest BCUT2D eigenvalue weighted by Gasteiger charge is 2.34. The van der Waals surface area contributed by atoms with Crippen LogP contribution in [0, 0.1) is 35.0 Å². The molecule has 0 bridgehead atoms. The molecule has 5 N–H and O–H groups in total. The van der Waals surface area contributed by atoms with Crippen molar-refractivity contribution in [2.75, 3.05) is 27.4 Å². The molecule has 1 unspecified atom stereocenters. The minimum absolute atomic E-state index is 0.0494. The molecule has 3 amide bonds. The van der Waals surface area contributed by atoms with Crippen molar-refractivity contribution >= 4 is 17.7 Å². The van der Waals surface area contributed by atoms with Gasteiger partial charge in [-0.05, 0) is 94.1 Å². The van der Waals surface area contributed by atoms with Gasteiger partial charge in [-0.2, -0.15) is 0 Å². The molecule has 9 heteroatoms. The van der Waals surface area contributed by atoms with Crippen LogP contribution < -0.4 is 16.4 Å². The second-order valence-electron chi connectivity index (χ2n) is 13.3. The minimum atomic E-state index is -0.907. The van der Waals surface area contributed by atoms with Crippen molar-refractivity contribution in [1.29, 1.82) is 0 Å². The minimum Gasteiger partial charge on any atom is -0.497 e. The molecule has 0 radical (unpaired) electrons. The van der Waals surface area contributed by atoms with E-state index in [0.29, 0.717) is 18.3 Å². The maximum absolute atomic E-state index is 13.1. The number of ether oxygens (including phenoxy) is 2. The summed E-state index contributed by atoms with van der Waals surface area (Å²) in [5.41, 5.74) is 5.91. The highest BCUT2D eigenvalue weighted by Crippen LogP contribution is 2.35. The first-order valence-corrected chi connectivity index (χ1v) is 15.6. The Balaban J connectivity index is 2.99. The number of methoxy groups -OCH3 is 2. The van der Waals surface area contributed by atoms with Crippen LogP contribution in [-0.4, -0.2) is 62.3 Å². The maximum atomic E-state index is 13.1. The number of amides is 3. The third kappa shape index (κ3) is 12.9. The zero-order valence-corrected chi connectivity index (χ0v) is 27.6. The highest BCUT2D eigenvalue weighted by atomic mass is 16.5. The Labute approximate surface area is 254 Å². The standard InChI is InChI=1S/C33H59N3O6/c1-21(2)26(17-24-13-14-30(42-9)25(16-24)12-10-11-15-41-8)18-28(36-23(5)37)29(38)19-27(22(3)4)31(39)35-20-33(6,7)32(34)40/h13-14,21-22,24,26-29,38H,10-12,15-20H2,1-9H3,(H2,34,40)(H,35,39)(H,36,37)/t24?,26-,27-,28-,29-/m0/s1. The van der Waals surface area contributed by atoms with Crippen LogP contribution in [0.3, 0.4) is 0 Å². The molecule has 0 saturated heterocycles. The number of nitrogens with two attached hydrogens (primary N) is 1. The van der Waals surface area contributed by atoms with Gasteiger partial charge in [-0.25, -0.2) is 0 Å². The molecule has 1 aliphatic carbocycles. The van der Waals surface area contributed by atoms with Crippen LogP contribution in [0.4, 0.5) is 0 Å². The van der Waals surface area contributed by atoms with Crippen LogP contribution in [-0.2, 0) is 23.9 Å². The third-order valence-corrected chi connectivity index (χ3v) is 8.64. The summed E-state index contributed by atoms with van der Waals surface area (Å²) in [6.07, 6.45) is 9.09. The van der Waals surface area contributed by atoms with Gasteiger partial charge in [0.15, 0.2) is 0 Å². The van der Waals surface area contributed by atoms with Crippen LogP contribution in [0.25, 0.3) is 0 Å². The normalized spacial score (nSPS) is 18.5. The van der Waals surface area contributed by atoms with Gasteiger partial charge in [-0.3, -0.25) is 14.4 Å². The summed E-state index contributed by atoms with van der Waals surface area (Å²) in [6, 6.07) is -0.489. The molecule has 1 rings (SSSR count). The van der Waals surface area contributed by atoms with Gasteiger partial charge < -0.3 is 30.9 Å². The van der Waals surface area contributed by atoms with Crippen molar-refractivity contribution in [2.24, 2.45) is 40.7 Å². The first-order chi connectivity index (χ1) is 19.6. The zero-order valence-electron chi connectivity index (χ0n) is 27.6. The maximum Gasteiger partial charge on any atom is 0.224 e. The molecule has 0 spiro atoms. The number of aliphatic hydroxyl groups is 1. The van der Waals surface area contributed by atoms with E-state index in [1.807, 2.05) is 13.8 Å². The number of carbonyl (C=O) groups excluding carboxylic acids is 3. The highest BCUT2D eigenvalue weighted by molar-refractivity contribution is 5.83. The summed E-state index contributed by atoms with van der Waals surface area (Å²) in [7, 11) is 3.44. The Morgan fingerprint density at radius 1 is 1.10 bits per heavy atom. The topological polar surface area (TPSA) is 140 Å². The molecule has 0 aromatic rings. The Hall–Kier alpha value is -2.39. The van der Waals surface area contributed by atoms with Gasteiger partial charge in [0.1, 0.15) is 5.76 Å². The average molecular weight is 594 g/mol. The summed E-state index contributed by atoms with van der Waals surface area (Å²) in [6.45, 7) is 13.9. The van der Waals surface area contributed by atoms with Crippen LogP contribution in [0.5, 0.6) is 0 Å². The molecular weight excluding hydrogens is 534 g/mol. The molecule has 9 nitrogen and oxygen atoms in total. The summed E-state index contributed by atoms with van der Waals surface area (Å²) in [5, 5.41) is 17.2. The van der Waals surface area contributed by atoms with E-state index in [4.69, 9.17) is 15.2 Å². The van der Waals surface area contributed by atoms with E-state index in [0.717, 1.165) is 44.5 Å². The van der Waals surface area contributed by atoms with Crippen LogP contribution in [0.1, 0.15) is 93.4 Å². The zero-order chi connectivity index (χ0) is 32.0. The van der Waals surface area contributed by atoms with Gasteiger partial charge in [0.25, 0.3) is 0 Å². The van der Waals surface area contributed by atoms with E-state index in [2.05, 4.69) is 36.6 Å². The Kier molecular flexibility index (Phi) is 16.4. The van der Waals surface area contributed by atoms with Gasteiger partial charge in [0.2, 0.25) is 17.7 Å². The van der Waals surface area contributed by atoms with Crippen LogP contribution in [0.15, 0.2) is 23.5 Å². The van der Waals surface area contributed by atoms with Gasteiger partial charge in [-0.1, -0.05) is 33.8 Å². The third-order valence-electron chi connectivity index (χ3n) is 8.64. The van der Waals surface area contributed by atoms with Gasteiger partial charge in [0.05, 0.1) is 24.7 Å². The quantitative estimate of drug-likeness (QED) is 0.153. The molecule has 42 heavy (non-hydrogen) atoms. The molecule has 0 heterocycles. The lowest BCUT2D eigenvalue weighted by Crippen LogP contribution is -2.48. The Bertz CT molecular complexity index is 927. The monoisotopic (exact) mass is 593 g/mol. The fourth-order valence-corrected chi connectivity index (χ4v) is 5.57. The first kappa shape index (κ1) is 37.6. The number of hydrogen-bond acceptors (Lipinski definition) is 6. The van der Waals surface area contributed by atoms with Crippen LogP contribution >= 0.6 is 0 Å². The number of rotatable bonds is 20. The van der Waals surface area contributed by atoms with Crippen molar-refractivity contribution in [3.63, 3.8) is 0 Å². The largest absolute Gasteiger partial charge is 0.497 e. The Morgan fingerprint density at radius 2 is 1.76 bits per heavy atom. The van der Waals surface area contributed by atoms with Crippen molar-refractivity contribution in [2.45, 2.75) is 106 Å². The lowest BCUT2D eigenvalue weighted by molar-refractivity contribution is -0.130. The van der Waals surface area contributed by atoms with E-state index in [-0.39, 0.29) is 36.6 Å². The molecule has 242 valence electrons. The molecule has 5 atom stereocenters. The molecule has 0 aromatic carbocycles. The first-order valence-electron chi connectivity index (χ1n) is 15.6. The number of nitrogens with one attached hydrogen (secondary N) is 2. The molecule has 0 aliphatic heterocycles. The number of hydrogen-bond donors (Lipinski definition) is 4. The second-order valence-corrected chi connectivity index (χ2v) is 13.3. The van der Waals surface area contributed by atoms with Gasteiger partial charge >= 0.3 is 0 Å². The van der Waals surface area contributed by atoms with Crippen molar-refractivity contribution < 1.29 is 29.0 Å². The fourth-order valence-electron chi connectivity index (χ4n) is 5.57. The van der Waals surface area contributed by atoms with E-state index in [9.17, 15) is 19.5 Å². The van der Waals surface area contributed by atoms with Crippen molar-refractivity contribution in [1.82, 2.24) is 10.6 Å². The molecule has 1 aliphatic rings.